The van der Waals surface area contributed by atoms with Gasteiger partial charge in [0.05, 0.1) is 12.6 Å². The van der Waals surface area contributed by atoms with Crippen LogP contribution in [0.5, 0.6) is 5.75 Å². The molecule has 3 aromatic rings. The summed E-state index contributed by atoms with van der Waals surface area (Å²) in [5, 5.41) is 10.1. The third-order valence-electron chi connectivity index (χ3n) is 3.50. The molecule has 0 amide bonds. The molecule has 0 unspecified atom stereocenters. The molecule has 5 heteroatoms. The molecule has 5 nitrogen and oxygen atoms in total. The number of methoxy groups -OCH3 is 1. The van der Waals surface area contributed by atoms with Crippen LogP contribution in [-0.4, -0.2) is 23.2 Å². The second-order valence-electron chi connectivity index (χ2n) is 4.79. The zero-order valence-electron chi connectivity index (χ0n) is 11.8. The number of aromatic carboxylic acids is 1. The van der Waals surface area contributed by atoms with E-state index >= 15 is 0 Å². The molecule has 22 heavy (non-hydrogen) atoms. The first-order valence-electron chi connectivity index (χ1n) is 6.64. The van der Waals surface area contributed by atoms with Crippen LogP contribution in [0.25, 0.3) is 22.0 Å². The average Bonchev–Trinajstić information content (AvgIpc) is 2.53. The molecule has 0 saturated carbocycles. The van der Waals surface area contributed by atoms with E-state index in [2.05, 4.69) is 4.98 Å². The van der Waals surface area contributed by atoms with Crippen molar-refractivity contribution >= 4 is 16.9 Å². The van der Waals surface area contributed by atoms with Gasteiger partial charge in [-0.25, -0.2) is 4.79 Å². The van der Waals surface area contributed by atoms with Crippen LogP contribution in [0.1, 0.15) is 10.4 Å². The van der Waals surface area contributed by atoms with Crippen molar-refractivity contribution in [2.45, 2.75) is 0 Å². The van der Waals surface area contributed by atoms with Gasteiger partial charge in [-0.15, -0.1) is 0 Å². The van der Waals surface area contributed by atoms with Crippen LogP contribution < -0.4 is 10.3 Å². The monoisotopic (exact) mass is 295 g/mol. The molecule has 110 valence electrons. The van der Waals surface area contributed by atoms with Crippen molar-refractivity contribution in [3.63, 3.8) is 0 Å². The predicted octanol–water partition coefficient (Wildman–Crippen LogP) is 2.90. The maximum atomic E-state index is 12.2. The normalized spacial score (nSPS) is 10.6. The van der Waals surface area contributed by atoms with Crippen LogP contribution in [-0.2, 0) is 0 Å². The van der Waals surface area contributed by atoms with Crippen LogP contribution in [0, 0.1) is 0 Å². The van der Waals surface area contributed by atoms with Crippen LogP contribution in [0.2, 0.25) is 0 Å². The predicted molar refractivity (Wildman–Crippen MR) is 83.5 cm³/mol. The number of carbonyl (C=O) groups is 1. The number of aromatic amines is 1. The Morgan fingerprint density at radius 1 is 1.14 bits per heavy atom. The molecule has 0 atom stereocenters. The van der Waals surface area contributed by atoms with Gasteiger partial charge in [-0.1, -0.05) is 30.3 Å². The minimum absolute atomic E-state index is 0.260. The molecule has 3 rings (SSSR count). The number of H-pyrrole nitrogens is 1. The molecule has 0 aliphatic carbocycles. The molecule has 2 aromatic carbocycles. The van der Waals surface area contributed by atoms with E-state index in [4.69, 9.17) is 4.74 Å². The van der Waals surface area contributed by atoms with Crippen LogP contribution >= 0.6 is 0 Å². The quantitative estimate of drug-likeness (QED) is 0.778. The summed E-state index contributed by atoms with van der Waals surface area (Å²) in [6.45, 7) is 0. The number of carboxylic acids is 1. The van der Waals surface area contributed by atoms with Gasteiger partial charge in [-0.2, -0.15) is 0 Å². The van der Waals surface area contributed by atoms with Gasteiger partial charge in [0, 0.05) is 17.0 Å². The lowest BCUT2D eigenvalue weighted by Crippen LogP contribution is -2.19. The highest BCUT2D eigenvalue weighted by molar-refractivity contribution is 6.06. The fraction of sp³-hybridized carbons (Fsp3) is 0.0588. The minimum atomic E-state index is -1.25. The smallest absolute Gasteiger partial charge is 0.342 e. The summed E-state index contributed by atoms with van der Waals surface area (Å²) in [5.41, 5.74) is 0.736. The molecule has 0 saturated heterocycles. The molecular weight excluding hydrogens is 282 g/mol. The first kappa shape index (κ1) is 13.9. The molecule has 0 spiro atoms. The summed E-state index contributed by atoms with van der Waals surface area (Å²) < 4.78 is 5.15. The van der Waals surface area contributed by atoms with Gasteiger partial charge in [0.25, 0.3) is 5.56 Å². The second-order valence-corrected chi connectivity index (χ2v) is 4.79. The molecule has 0 bridgehead atoms. The average molecular weight is 295 g/mol. The van der Waals surface area contributed by atoms with E-state index in [-0.39, 0.29) is 5.56 Å². The Morgan fingerprint density at radius 3 is 2.50 bits per heavy atom. The summed E-state index contributed by atoms with van der Waals surface area (Å²) in [6.07, 6.45) is 0. The van der Waals surface area contributed by atoms with Gasteiger partial charge < -0.3 is 14.8 Å². The van der Waals surface area contributed by atoms with Crippen molar-refractivity contribution in [3.05, 3.63) is 64.4 Å². The van der Waals surface area contributed by atoms with E-state index in [1.165, 1.54) is 7.11 Å². The number of nitrogens with one attached hydrogen (secondary N) is 1. The number of pyridine rings is 1. The van der Waals surface area contributed by atoms with Crippen molar-refractivity contribution in [1.82, 2.24) is 4.98 Å². The molecule has 0 fully saturated rings. The minimum Gasteiger partial charge on any atom is -0.497 e. The van der Waals surface area contributed by atoms with Gasteiger partial charge in [-0.3, -0.25) is 4.79 Å². The van der Waals surface area contributed by atoms with Gasteiger partial charge >= 0.3 is 5.97 Å². The molecule has 0 radical (unpaired) electrons. The van der Waals surface area contributed by atoms with Crippen molar-refractivity contribution in [2.24, 2.45) is 0 Å². The van der Waals surface area contributed by atoms with E-state index in [0.717, 1.165) is 0 Å². The molecule has 1 aromatic heterocycles. The topological polar surface area (TPSA) is 79.4 Å². The van der Waals surface area contributed by atoms with Crippen molar-refractivity contribution in [2.75, 3.05) is 7.11 Å². The van der Waals surface area contributed by atoms with E-state index in [1.807, 2.05) is 6.07 Å². The van der Waals surface area contributed by atoms with Gasteiger partial charge in [0.1, 0.15) is 11.3 Å². The fourth-order valence-electron chi connectivity index (χ4n) is 2.51. The number of ether oxygens (including phenoxy) is 1. The van der Waals surface area contributed by atoms with Crippen LogP contribution in [0.15, 0.2) is 53.3 Å². The van der Waals surface area contributed by atoms with Crippen molar-refractivity contribution < 1.29 is 14.6 Å². The second kappa shape index (κ2) is 5.37. The van der Waals surface area contributed by atoms with Gasteiger partial charge in [0.15, 0.2) is 0 Å². The third-order valence-corrected chi connectivity index (χ3v) is 3.50. The Bertz CT molecular complexity index is 913. The number of fused-ring (bicyclic) bond motifs is 1. The molecule has 1 heterocycles. The number of hydrogen-bond donors (Lipinski definition) is 2. The van der Waals surface area contributed by atoms with E-state index in [9.17, 15) is 14.7 Å². The zero-order chi connectivity index (χ0) is 15.7. The summed E-state index contributed by atoms with van der Waals surface area (Å²) in [6, 6.07) is 14.2. The Labute approximate surface area is 125 Å². The Balaban J connectivity index is 2.47. The highest BCUT2D eigenvalue weighted by Crippen LogP contribution is 2.31. The lowest BCUT2D eigenvalue weighted by Gasteiger charge is -2.11. The fourth-order valence-corrected chi connectivity index (χ4v) is 2.51. The standard InChI is InChI=1S/C17H13NO4/c1-22-11-7-8-12-13(9-11)18-16(19)15(17(20)21)14(12)10-5-3-2-4-6-10/h2-9H,1H3,(H,18,19)(H,20,21). The highest BCUT2D eigenvalue weighted by Gasteiger charge is 2.20. The SMILES string of the molecule is COc1ccc2c(-c3ccccc3)c(C(=O)O)c(=O)[nH]c2c1. The van der Waals surface area contributed by atoms with Crippen molar-refractivity contribution in [3.8, 4) is 16.9 Å². The van der Waals surface area contributed by atoms with E-state index < -0.39 is 11.5 Å². The van der Waals surface area contributed by atoms with Gasteiger partial charge in [-0.05, 0) is 17.7 Å². The largest absolute Gasteiger partial charge is 0.497 e. The first-order chi connectivity index (χ1) is 10.6. The maximum Gasteiger partial charge on any atom is 0.342 e. The molecular formula is C17H13NO4. The lowest BCUT2D eigenvalue weighted by molar-refractivity contribution is 0.0696. The van der Waals surface area contributed by atoms with Crippen LogP contribution in [0.4, 0.5) is 0 Å². The molecule has 0 aliphatic rings. The van der Waals surface area contributed by atoms with Gasteiger partial charge in [0.2, 0.25) is 0 Å². The summed E-state index contributed by atoms with van der Waals surface area (Å²) in [7, 11) is 1.53. The molecule has 2 N–H and O–H groups in total. The Morgan fingerprint density at radius 2 is 1.86 bits per heavy atom. The number of aromatic nitrogens is 1. The van der Waals surface area contributed by atoms with E-state index in [0.29, 0.717) is 27.8 Å². The van der Waals surface area contributed by atoms with Crippen molar-refractivity contribution in [1.29, 1.82) is 0 Å². The Hall–Kier alpha value is -3.08. The summed E-state index contributed by atoms with van der Waals surface area (Å²) in [5.74, 6) is -0.664. The summed E-state index contributed by atoms with van der Waals surface area (Å²) >= 11 is 0. The number of benzene rings is 2. The maximum absolute atomic E-state index is 12.2. The zero-order valence-corrected chi connectivity index (χ0v) is 11.8. The first-order valence-corrected chi connectivity index (χ1v) is 6.64. The van der Waals surface area contributed by atoms with Crippen LogP contribution in [0.3, 0.4) is 0 Å². The number of hydrogen-bond acceptors (Lipinski definition) is 3. The molecule has 0 aliphatic heterocycles. The Kier molecular flexibility index (Phi) is 3.39. The number of rotatable bonds is 3. The number of carboxylic acid groups (broad SMARTS) is 1. The van der Waals surface area contributed by atoms with E-state index in [1.54, 1.807) is 42.5 Å². The summed E-state index contributed by atoms with van der Waals surface area (Å²) in [4.78, 5) is 26.3. The highest BCUT2D eigenvalue weighted by atomic mass is 16.5. The lowest BCUT2D eigenvalue weighted by atomic mass is 9.96. The third kappa shape index (κ3) is 2.22.